The van der Waals surface area contributed by atoms with Crippen LogP contribution < -0.4 is 0 Å². The molecule has 2 heterocycles. The van der Waals surface area contributed by atoms with Crippen LogP contribution in [-0.4, -0.2) is 51.6 Å². The van der Waals surface area contributed by atoms with Crippen molar-refractivity contribution in [2.24, 2.45) is 5.92 Å². The molecule has 2 amide bonds. The molecule has 0 saturated carbocycles. The minimum absolute atomic E-state index is 0.0440. The third-order valence-electron chi connectivity index (χ3n) is 4.95. The van der Waals surface area contributed by atoms with Crippen LogP contribution >= 0.6 is 11.8 Å². The lowest BCUT2D eigenvalue weighted by Crippen LogP contribution is -2.50. The maximum Gasteiger partial charge on any atom is 0.246 e. The van der Waals surface area contributed by atoms with Crippen LogP contribution in [0.4, 0.5) is 0 Å². The van der Waals surface area contributed by atoms with Crippen LogP contribution in [-0.2, 0) is 9.59 Å². The number of benzene rings is 1. The highest BCUT2D eigenvalue weighted by molar-refractivity contribution is 7.99. The van der Waals surface area contributed by atoms with Gasteiger partial charge in [0.1, 0.15) is 17.2 Å². The molecular formula is C18H24N2O3S. The molecule has 0 radical (unpaired) electrons. The van der Waals surface area contributed by atoms with E-state index in [1.54, 1.807) is 28.8 Å². The zero-order valence-electron chi connectivity index (χ0n) is 14.1. The Balaban J connectivity index is 1.81. The summed E-state index contributed by atoms with van der Waals surface area (Å²) in [7, 11) is 0. The van der Waals surface area contributed by atoms with Gasteiger partial charge in [-0.2, -0.15) is 0 Å². The molecule has 5 nitrogen and oxygen atoms in total. The summed E-state index contributed by atoms with van der Waals surface area (Å²) >= 11 is 1.54. The Hall–Kier alpha value is -1.69. The second kappa shape index (κ2) is 7.05. The third kappa shape index (κ3) is 3.24. The molecule has 0 unspecified atom stereocenters. The summed E-state index contributed by atoms with van der Waals surface area (Å²) in [5.74, 6) is 1.31. The summed E-state index contributed by atoms with van der Waals surface area (Å²) < 4.78 is 0. The van der Waals surface area contributed by atoms with Crippen LogP contribution in [0.1, 0.15) is 37.6 Å². The molecule has 6 heteroatoms. The van der Waals surface area contributed by atoms with Crippen molar-refractivity contribution in [3.05, 3.63) is 29.8 Å². The van der Waals surface area contributed by atoms with Crippen LogP contribution in [0.5, 0.6) is 5.75 Å². The number of thioether (sulfide) groups is 1. The number of piperidine rings is 1. The Kier molecular flexibility index (Phi) is 5.04. The van der Waals surface area contributed by atoms with Crippen molar-refractivity contribution >= 4 is 23.6 Å². The zero-order chi connectivity index (χ0) is 17.3. The predicted molar refractivity (Wildman–Crippen MR) is 94.6 cm³/mol. The van der Waals surface area contributed by atoms with Gasteiger partial charge in [-0.3, -0.25) is 9.59 Å². The molecule has 1 N–H and O–H groups in total. The Bertz CT molecular complexity index is 628. The number of nitrogens with zero attached hydrogens (tertiary/aromatic N) is 2. The number of phenolic OH excluding ortho intramolecular Hbond substituents is 1. The van der Waals surface area contributed by atoms with E-state index in [1.807, 2.05) is 17.0 Å². The highest BCUT2D eigenvalue weighted by atomic mass is 32.2. The van der Waals surface area contributed by atoms with E-state index in [9.17, 15) is 14.7 Å². The number of hydrogen-bond acceptors (Lipinski definition) is 4. The molecule has 1 aromatic rings. The standard InChI is InChI=1S/C18H24N2O3S/c1-12-7-9-19(10-8-12)17(23)15-11-24-18(20(15)13(2)21)14-5-3-4-6-16(14)22/h3-6,12,15,18,22H,7-11H2,1-2H3/t15-,18-/m1/s1. The Morgan fingerprint density at radius 2 is 1.88 bits per heavy atom. The van der Waals surface area contributed by atoms with Crippen molar-refractivity contribution in [3.8, 4) is 5.75 Å². The lowest BCUT2D eigenvalue weighted by molar-refractivity contribution is -0.144. The SMILES string of the molecule is CC(=O)N1[C@@H](C(=O)N2CCC(C)CC2)CS[C@@H]1c1ccccc1O. The van der Waals surface area contributed by atoms with E-state index in [4.69, 9.17) is 0 Å². The predicted octanol–water partition coefficient (Wildman–Crippen LogP) is 2.61. The third-order valence-corrected chi connectivity index (χ3v) is 6.25. The van der Waals surface area contributed by atoms with Gasteiger partial charge in [0.05, 0.1) is 0 Å². The topological polar surface area (TPSA) is 60.9 Å². The van der Waals surface area contributed by atoms with Gasteiger partial charge < -0.3 is 14.9 Å². The fourth-order valence-corrected chi connectivity index (χ4v) is 4.96. The fraction of sp³-hybridized carbons (Fsp3) is 0.556. The van der Waals surface area contributed by atoms with Crippen molar-refractivity contribution < 1.29 is 14.7 Å². The monoisotopic (exact) mass is 348 g/mol. The second-order valence-corrected chi connectivity index (χ2v) is 7.81. The number of likely N-dealkylation sites (tertiary alicyclic amines) is 1. The number of carbonyl (C=O) groups is 2. The number of para-hydroxylation sites is 1. The van der Waals surface area contributed by atoms with E-state index in [0.717, 1.165) is 25.9 Å². The molecule has 24 heavy (non-hydrogen) atoms. The number of carbonyl (C=O) groups excluding carboxylic acids is 2. The number of phenols is 1. The average molecular weight is 348 g/mol. The smallest absolute Gasteiger partial charge is 0.246 e. The molecule has 2 aliphatic heterocycles. The molecule has 2 saturated heterocycles. The Labute approximate surface area is 147 Å². The largest absolute Gasteiger partial charge is 0.508 e. The van der Waals surface area contributed by atoms with E-state index < -0.39 is 6.04 Å². The van der Waals surface area contributed by atoms with Crippen molar-refractivity contribution in [3.63, 3.8) is 0 Å². The summed E-state index contributed by atoms with van der Waals surface area (Å²) in [6, 6.07) is 6.60. The van der Waals surface area contributed by atoms with Gasteiger partial charge in [-0.25, -0.2) is 0 Å². The summed E-state index contributed by atoms with van der Waals surface area (Å²) in [6.07, 6.45) is 2.04. The highest BCUT2D eigenvalue weighted by Crippen LogP contribution is 2.44. The minimum Gasteiger partial charge on any atom is -0.508 e. The van der Waals surface area contributed by atoms with E-state index in [-0.39, 0.29) is 22.9 Å². The number of aromatic hydroxyl groups is 1. The number of amides is 2. The first-order valence-electron chi connectivity index (χ1n) is 8.46. The molecule has 130 valence electrons. The van der Waals surface area contributed by atoms with E-state index >= 15 is 0 Å². The second-order valence-electron chi connectivity index (χ2n) is 6.69. The summed E-state index contributed by atoms with van der Waals surface area (Å²) in [5.41, 5.74) is 0.695. The molecule has 2 atom stereocenters. The summed E-state index contributed by atoms with van der Waals surface area (Å²) in [6.45, 7) is 5.25. The number of hydrogen-bond donors (Lipinski definition) is 1. The van der Waals surface area contributed by atoms with Gasteiger partial charge in [-0.15, -0.1) is 11.8 Å². The first-order chi connectivity index (χ1) is 11.5. The van der Waals surface area contributed by atoms with E-state index in [1.165, 1.54) is 6.92 Å². The summed E-state index contributed by atoms with van der Waals surface area (Å²) in [4.78, 5) is 28.7. The van der Waals surface area contributed by atoms with E-state index in [2.05, 4.69) is 6.92 Å². The average Bonchev–Trinajstić information content (AvgIpc) is 3.00. The highest BCUT2D eigenvalue weighted by Gasteiger charge is 2.43. The maximum absolute atomic E-state index is 12.9. The molecular weight excluding hydrogens is 324 g/mol. The minimum atomic E-state index is -0.439. The first kappa shape index (κ1) is 17.1. The number of rotatable bonds is 2. The normalized spacial score (nSPS) is 25.1. The van der Waals surface area contributed by atoms with Crippen molar-refractivity contribution in [2.45, 2.75) is 38.1 Å². The molecule has 0 bridgehead atoms. The van der Waals surface area contributed by atoms with Gasteiger partial charge >= 0.3 is 0 Å². The van der Waals surface area contributed by atoms with E-state index in [0.29, 0.717) is 17.2 Å². The van der Waals surface area contributed by atoms with Gasteiger partial charge in [0.15, 0.2) is 0 Å². The van der Waals surface area contributed by atoms with Gasteiger partial charge in [0, 0.05) is 31.3 Å². The van der Waals surface area contributed by atoms with Crippen LogP contribution in [0.3, 0.4) is 0 Å². The first-order valence-corrected chi connectivity index (χ1v) is 9.51. The van der Waals surface area contributed by atoms with Crippen LogP contribution in [0.25, 0.3) is 0 Å². The van der Waals surface area contributed by atoms with Crippen LogP contribution in [0.2, 0.25) is 0 Å². The quantitative estimate of drug-likeness (QED) is 0.892. The van der Waals surface area contributed by atoms with Gasteiger partial charge in [-0.1, -0.05) is 25.1 Å². The fourth-order valence-electron chi connectivity index (χ4n) is 3.46. The van der Waals surface area contributed by atoms with Crippen molar-refractivity contribution in [1.29, 1.82) is 0 Å². The summed E-state index contributed by atoms with van der Waals surface area (Å²) in [5, 5.41) is 9.82. The lowest BCUT2D eigenvalue weighted by Gasteiger charge is -2.35. The van der Waals surface area contributed by atoms with Crippen LogP contribution in [0, 0.1) is 5.92 Å². The Morgan fingerprint density at radius 3 is 2.50 bits per heavy atom. The molecule has 0 spiro atoms. The molecule has 1 aromatic carbocycles. The van der Waals surface area contributed by atoms with Gasteiger partial charge in [0.2, 0.25) is 11.8 Å². The maximum atomic E-state index is 12.9. The molecule has 3 rings (SSSR count). The molecule has 2 aliphatic rings. The Morgan fingerprint density at radius 1 is 1.21 bits per heavy atom. The van der Waals surface area contributed by atoms with Crippen LogP contribution in [0.15, 0.2) is 24.3 Å². The zero-order valence-corrected chi connectivity index (χ0v) is 15.0. The van der Waals surface area contributed by atoms with Gasteiger partial charge in [-0.05, 0) is 24.8 Å². The molecule has 0 aromatic heterocycles. The van der Waals surface area contributed by atoms with Gasteiger partial charge in [0.25, 0.3) is 0 Å². The lowest BCUT2D eigenvalue weighted by atomic mass is 9.98. The molecule has 0 aliphatic carbocycles. The van der Waals surface area contributed by atoms with Crippen molar-refractivity contribution in [2.75, 3.05) is 18.8 Å². The van der Waals surface area contributed by atoms with Crippen molar-refractivity contribution in [1.82, 2.24) is 9.80 Å². The molecule has 2 fully saturated rings.